The molecule has 0 aliphatic heterocycles. The number of allylic oxidation sites excluding steroid dienone is 2. The number of nitriles is 3. The minimum absolute atomic E-state index is 0.00498. The third-order valence-corrected chi connectivity index (χ3v) is 4.96. The zero-order valence-corrected chi connectivity index (χ0v) is 16.2. The normalized spacial score (nSPS) is 10.1. The number of rotatable bonds is 6. The fourth-order valence-electron chi connectivity index (χ4n) is 2.26. The van der Waals surface area contributed by atoms with Crippen molar-refractivity contribution in [2.45, 2.75) is 13.8 Å². The predicted octanol–water partition coefficient (Wildman–Crippen LogP) is 5.38. The van der Waals surface area contributed by atoms with Crippen LogP contribution in [0.15, 0.2) is 40.1 Å². The Morgan fingerprint density at radius 3 is 2.22 bits per heavy atom. The summed E-state index contributed by atoms with van der Waals surface area (Å²) in [4.78, 5) is 6.47. The standard InChI is InChI=1S/C18H14ClN7S/c1-3-26(4-2)14-7-5-13(6-8-14)24-25-18-23-17(19)16(27-18)15(11-22)12(9-20)10-21/h5-8H,3-4H2,1-2H3. The highest BCUT2D eigenvalue weighted by atomic mass is 35.5. The summed E-state index contributed by atoms with van der Waals surface area (Å²) in [6, 6.07) is 12.8. The van der Waals surface area contributed by atoms with Gasteiger partial charge in [0.15, 0.2) is 5.15 Å². The van der Waals surface area contributed by atoms with Gasteiger partial charge in [-0.15, -0.1) is 10.2 Å². The summed E-state index contributed by atoms with van der Waals surface area (Å²) >= 11 is 7.03. The van der Waals surface area contributed by atoms with Crippen molar-refractivity contribution in [1.82, 2.24) is 4.98 Å². The van der Waals surface area contributed by atoms with Gasteiger partial charge in [0.05, 0.1) is 10.6 Å². The molecular formula is C18H14ClN7S. The maximum atomic E-state index is 9.22. The van der Waals surface area contributed by atoms with E-state index in [0.717, 1.165) is 30.1 Å². The number of nitrogens with zero attached hydrogens (tertiary/aromatic N) is 7. The molecule has 0 radical (unpaired) electrons. The second-order valence-corrected chi connectivity index (χ2v) is 6.43. The van der Waals surface area contributed by atoms with Gasteiger partial charge >= 0.3 is 0 Å². The van der Waals surface area contributed by atoms with Crippen LogP contribution in [0.4, 0.5) is 16.5 Å². The first-order valence-electron chi connectivity index (χ1n) is 7.95. The second kappa shape index (κ2) is 9.45. The van der Waals surface area contributed by atoms with E-state index in [1.165, 1.54) is 0 Å². The van der Waals surface area contributed by atoms with Crippen LogP contribution in [0, 0.1) is 34.0 Å². The molecule has 0 fully saturated rings. The van der Waals surface area contributed by atoms with Gasteiger partial charge in [0.1, 0.15) is 29.4 Å². The van der Waals surface area contributed by atoms with E-state index in [2.05, 4.69) is 34.0 Å². The molecule has 1 heterocycles. The minimum Gasteiger partial charge on any atom is -0.372 e. The Labute approximate surface area is 166 Å². The molecule has 1 aromatic carbocycles. The SMILES string of the molecule is CCN(CC)c1ccc(N=Nc2nc(Cl)c(C(C#N)=C(C#N)C#N)s2)cc1. The van der Waals surface area contributed by atoms with Crippen LogP contribution in [-0.4, -0.2) is 18.1 Å². The van der Waals surface area contributed by atoms with Crippen LogP contribution < -0.4 is 4.90 Å². The quantitative estimate of drug-likeness (QED) is 0.481. The molecule has 9 heteroatoms. The van der Waals surface area contributed by atoms with Crippen molar-refractivity contribution in [3.63, 3.8) is 0 Å². The van der Waals surface area contributed by atoms with E-state index >= 15 is 0 Å². The van der Waals surface area contributed by atoms with E-state index in [1.807, 2.05) is 30.3 Å². The van der Waals surface area contributed by atoms with Gasteiger partial charge in [-0.25, -0.2) is 4.98 Å². The summed E-state index contributed by atoms with van der Waals surface area (Å²) in [5.41, 5.74) is 1.30. The second-order valence-electron chi connectivity index (χ2n) is 5.09. The molecule has 0 saturated carbocycles. The van der Waals surface area contributed by atoms with Crippen molar-refractivity contribution in [3.05, 3.63) is 39.9 Å². The van der Waals surface area contributed by atoms with Gasteiger partial charge in [0.25, 0.3) is 0 Å². The largest absolute Gasteiger partial charge is 0.372 e. The number of thiazole rings is 1. The Kier molecular flexibility index (Phi) is 7.02. The highest BCUT2D eigenvalue weighted by Crippen LogP contribution is 2.36. The Bertz CT molecular complexity index is 980. The molecule has 0 atom stereocenters. The molecule has 1 aromatic heterocycles. The lowest BCUT2D eigenvalue weighted by Crippen LogP contribution is -2.21. The summed E-state index contributed by atoms with van der Waals surface area (Å²) in [7, 11) is 0. The summed E-state index contributed by atoms with van der Waals surface area (Å²) in [6.07, 6.45) is 0. The average molecular weight is 396 g/mol. The number of anilines is 1. The Morgan fingerprint density at radius 1 is 1.07 bits per heavy atom. The molecule has 0 saturated heterocycles. The lowest BCUT2D eigenvalue weighted by Gasteiger charge is -2.20. The van der Waals surface area contributed by atoms with E-state index in [4.69, 9.17) is 22.1 Å². The molecule has 0 bridgehead atoms. The predicted molar refractivity (Wildman–Crippen MR) is 105 cm³/mol. The number of aromatic nitrogens is 1. The number of halogens is 1. The van der Waals surface area contributed by atoms with Gasteiger partial charge in [0, 0.05) is 18.8 Å². The fourth-order valence-corrected chi connectivity index (χ4v) is 3.39. The van der Waals surface area contributed by atoms with Crippen molar-refractivity contribution in [3.8, 4) is 18.2 Å². The number of hydrogen-bond donors (Lipinski definition) is 0. The van der Waals surface area contributed by atoms with Crippen molar-refractivity contribution in [2.75, 3.05) is 18.0 Å². The molecule has 2 aromatic rings. The monoisotopic (exact) mass is 395 g/mol. The lowest BCUT2D eigenvalue weighted by atomic mass is 10.1. The van der Waals surface area contributed by atoms with Gasteiger partial charge in [-0.05, 0) is 38.1 Å². The fraction of sp³-hybridized carbons (Fsp3) is 0.222. The van der Waals surface area contributed by atoms with Crippen LogP contribution in [0.1, 0.15) is 18.7 Å². The average Bonchev–Trinajstić information content (AvgIpc) is 3.06. The van der Waals surface area contributed by atoms with Crippen molar-refractivity contribution in [2.24, 2.45) is 10.2 Å². The van der Waals surface area contributed by atoms with Crippen LogP contribution in [0.2, 0.25) is 5.15 Å². The van der Waals surface area contributed by atoms with Gasteiger partial charge < -0.3 is 4.90 Å². The molecule has 0 N–H and O–H groups in total. The zero-order valence-electron chi connectivity index (χ0n) is 14.6. The molecule has 7 nitrogen and oxygen atoms in total. The summed E-state index contributed by atoms with van der Waals surface area (Å²) < 4.78 is 0. The first kappa shape index (κ1) is 20.1. The van der Waals surface area contributed by atoms with Gasteiger partial charge in [-0.1, -0.05) is 22.9 Å². The van der Waals surface area contributed by atoms with E-state index in [-0.39, 0.29) is 26.3 Å². The van der Waals surface area contributed by atoms with Crippen molar-refractivity contribution in [1.29, 1.82) is 15.8 Å². The van der Waals surface area contributed by atoms with Gasteiger partial charge in [0.2, 0.25) is 5.13 Å². The molecule has 0 aliphatic carbocycles. The highest BCUT2D eigenvalue weighted by molar-refractivity contribution is 7.17. The third kappa shape index (κ3) is 4.68. The number of benzene rings is 1. The van der Waals surface area contributed by atoms with Crippen LogP contribution in [0.5, 0.6) is 0 Å². The molecule has 0 spiro atoms. The maximum Gasteiger partial charge on any atom is 0.232 e. The topological polar surface area (TPSA) is 112 Å². The van der Waals surface area contributed by atoms with Crippen molar-refractivity contribution < 1.29 is 0 Å². The summed E-state index contributed by atoms with van der Waals surface area (Å²) in [5.74, 6) is 0. The number of hydrogen-bond acceptors (Lipinski definition) is 8. The van der Waals surface area contributed by atoms with Crippen LogP contribution in [-0.2, 0) is 0 Å². The molecule has 27 heavy (non-hydrogen) atoms. The smallest absolute Gasteiger partial charge is 0.232 e. The lowest BCUT2D eigenvalue weighted by molar-refractivity contribution is 0.866. The maximum absolute atomic E-state index is 9.22. The molecule has 0 unspecified atom stereocenters. The Morgan fingerprint density at radius 2 is 1.70 bits per heavy atom. The molecule has 0 amide bonds. The van der Waals surface area contributed by atoms with Crippen molar-refractivity contribution >= 4 is 45.0 Å². The number of azo groups is 1. The van der Waals surface area contributed by atoms with E-state index in [1.54, 1.807) is 12.1 Å². The van der Waals surface area contributed by atoms with Gasteiger partial charge in [-0.2, -0.15) is 15.8 Å². The third-order valence-electron chi connectivity index (χ3n) is 3.62. The molecule has 0 aliphatic rings. The molecular weight excluding hydrogens is 382 g/mol. The van der Waals surface area contributed by atoms with E-state index in [0.29, 0.717) is 5.69 Å². The van der Waals surface area contributed by atoms with Crippen LogP contribution in [0.25, 0.3) is 5.57 Å². The molecule has 2 rings (SSSR count). The van der Waals surface area contributed by atoms with Gasteiger partial charge in [-0.3, -0.25) is 0 Å². The first-order valence-corrected chi connectivity index (χ1v) is 9.15. The van der Waals surface area contributed by atoms with Crippen LogP contribution in [0.3, 0.4) is 0 Å². The Balaban J connectivity index is 2.27. The van der Waals surface area contributed by atoms with Crippen LogP contribution >= 0.6 is 22.9 Å². The van der Waals surface area contributed by atoms with E-state index < -0.39 is 0 Å². The van der Waals surface area contributed by atoms with E-state index in [9.17, 15) is 5.26 Å². The summed E-state index contributed by atoms with van der Waals surface area (Å²) in [6.45, 7) is 6.02. The minimum atomic E-state index is -0.321. The molecule has 134 valence electrons. The first-order chi connectivity index (χ1) is 13.1. The Hall–Kier alpha value is -3.25. The summed E-state index contributed by atoms with van der Waals surface area (Å²) in [5, 5.41) is 35.5. The zero-order chi connectivity index (χ0) is 19.8. The highest BCUT2D eigenvalue weighted by Gasteiger charge is 2.17.